The molecule has 0 saturated heterocycles. The second-order valence-electron chi connectivity index (χ2n) is 3.49. The predicted octanol–water partition coefficient (Wildman–Crippen LogP) is 2.50. The van der Waals surface area contributed by atoms with E-state index >= 15 is 0 Å². The molecule has 0 aromatic carbocycles. The second kappa shape index (κ2) is 5.45. The topological polar surface area (TPSA) is 62.2 Å². The minimum absolute atomic E-state index is 0.0637. The predicted molar refractivity (Wildman–Crippen MR) is 67.7 cm³/mol. The third-order valence-electron chi connectivity index (χ3n) is 2.26. The number of pyridine rings is 1. The molecular formula is C12H12N2O2S. The molecule has 5 heteroatoms. The van der Waals surface area contributed by atoms with Gasteiger partial charge in [0.1, 0.15) is 5.69 Å². The molecule has 0 aliphatic heterocycles. The number of aromatic carboxylic acids is 1. The Hall–Kier alpha value is -1.88. The van der Waals surface area contributed by atoms with E-state index in [-0.39, 0.29) is 5.69 Å². The first-order chi connectivity index (χ1) is 8.25. The molecule has 0 unspecified atom stereocenters. The Balaban J connectivity index is 1.85. The van der Waals surface area contributed by atoms with Crippen molar-refractivity contribution >= 4 is 23.0 Å². The highest BCUT2D eigenvalue weighted by Gasteiger charge is 2.03. The molecule has 17 heavy (non-hydrogen) atoms. The van der Waals surface area contributed by atoms with Crippen LogP contribution in [0, 0.1) is 0 Å². The van der Waals surface area contributed by atoms with Crippen LogP contribution in [-0.4, -0.2) is 22.6 Å². The molecule has 0 aliphatic rings. The van der Waals surface area contributed by atoms with Crippen LogP contribution in [0.3, 0.4) is 0 Å². The molecule has 88 valence electrons. The highest BCUT2D eigenvalue weighted by Crippen LogP contribution is 2.10. The number of anilines is 1. The lowest BCUT2D eigenvalue weighted by Gasteiger charge is -2.04. The van der Waals surface area contributed by atoms with Crippen LogP contribution >= 0.6 is 11.3 Å². The average Bonchev–Trinajstić information content (AvgIpc) is 2.83. The summed E-state index contributed by atoms with van der Waals surface area (Å²) in [4.78, 5) is 15.8. The zero-order valence-corrected chi connectivity index (χ0v) is 9.91. The van der Waals surface area contributed by atoms with Crippen LogP contribution in [0.1, 0.15) is 15.4 Å². The fourth-order valence-corrected chi connectivity index (χ4v) is 2.12. The molecule has 2 aromatic rings. The lowest BCUT2D eigenvalue weighted by molar-refractivity contribution is 0.0690. The summed E-state index contributed by atoms with van der Waals surface area (Å²) in [6.45, 7) is 0.814. The van der Waals surface area contributed by atoms with Crippen molar-refractivity contribution in [3.05, 3.63) is 46.4 Å². The summed E-state index contributed by atoms with van der Waals surface area (Å²) < 4.78 is 0. The van der Waals surface area contributed by atoms with Crippen molar-refractivity contribution in [3.8, 4) is 0 Å². The molecule has 0 saturated carbocycles. The fraction of sp³-hybridized carbons (Fsp3) is 0.167. The summed E-state index contributed by atoms with van der Waals surface area (Å²) in [5.41, 5.74) is 0.903. The highest BCUT2D eigenvalue weighted by atomic mass is 32.1. The summed E-state index contributed by atoms with van der Waals surface area (Å²) in [7, 11) is 0. The van der Waals surface area contributed by atoms with Crippen molar-refractivity contribution in [1.29, 1.82) is 0 Å². The van der Waals surface area contributed by atoms with E-state index in [1.165, 1.54) is 17.1 Å². The number of carboxylic acids is 1. The maximum Gasteiger partial charge on any atom is 0.354 e. The van der Waals surface area contributed by atoms with Gasteiger partial charge in [-0.1, -0.05) is 6.07 Å². The number of carbonyl (C=O) groups is 1. The van der Waals surface area contributed by atoms with Crippen molar-refractivity contribution in [3.63, 3.8) is 0 Å². The van der Waals surface area contributed by atoms with Gasteiger partial charge in [-0.3, -0.25) is 0 Å². The van der Waals surface area contributed by atoms with E-state index in [0.29, 0.717) is 0 Å². The summed E-state index contributed by atoms with van der Waals surface area (Å²) >= 11 is 1.73. The van der Waals surface area contributed by atoms with Crippen LogP contribution in [0.5, 0.6) is 0 Å². The maximum atomic E-state index is 10.6. The van der Waals surface area contributed by atoms with Crippen molar-refractivity contribution in [2.75, 3.05) is 11.9 Å². The van der Waals surface area contributed by atoms with Gasteiger partial charge in [0.05, 0.1) is 11.9 Å². The van der Waals surface area contributed by atoms with Crippen LogP contribution in [0.4, 0.5) is 5.69 Å². The molecule has 2 rings (SSSR count). The van der Waals surface area contributed by atoms with Crippen LogP contribution < -0.4 is 5.32 Å². The highest BCUT2D eigenvalue weighted by molar-refractivity contribution is 7.09. The first-order valence-corrected chi connectivity index (χ1v) is 6.09. The Labute approximate surface area is 103 Å². The van der Waals surface area contributed by atoms with Crippen molar-refractivity contribution in [2.45, 2.75) is 6.42 Å². The minimum Gasteiger partial charge on any atom is -0.477 e. The number of rotatable bonds is 5. The third kappa shape index (κ3) is 3.29. The smallest absolute Gasteiger partial charge is 0.354 e. The van der Waals surface area contributed by atoms with E-state index in [1.54, 1.807) is 17.4 Å². The molecule has 0 atom stereocenters. The van der Waals surface area contributed by atoms with E-state index in [1.807, 2.05) is 6.07 Å². The number of hydrogen-bond donors (Lipinski definition) is 2. The number of aromatic nitrogens is 1. The Bertz CT molecular complexity index is 480. The molecule has 2 aromatic heterocycles. The Morgan fingerprint density at radius 3 is 2.88 bits per heavy atom. The SMILES string of the molecule is O=C(O)c1ccc(NCCc2cccs2)cn1. The van der Waals surface area contributed by atoms with Gasteiger partial charge in [0.25, 0.3) is 0 Å². The summed E-state index contributed by atoms with van der Waals surface area (Å²) in [5, 5.41) is 13.9. The Morgan fingerprint density at radius 2 is 2.29 bits per heavy atom. The van der Waals surface area contributed by atoms with Crippen LogP contribution in [-0.2, 0) is 6.42 Å². The molecule has 0 bridgehead atoms. The summed E-state index contributed by atoms with van der Waals surface area (Å²) in [5.74, 6) is -1.00. The van der Waals surface area contributed by atoms with Crippen LogP contribution in [0.15, 0.2) is 35.8 Å². The first-order valence-electron chi connectivity index (χ1n) is 5.21. The Morgan fingerprint density at radius 1 is 1.41 bits per heavy atom. The molecule has 2 heterocycles. The quantitative estimate of drug-likeness (QED) is 0.853. The second-order valence-corrected chi connectivity index (χ2v) is 4.53. The van der Waals surface area contributed by atoms with Gasteiger partial charge in [-0.15, -0.1) is 11.3 Å². The van der Waals surface area contributed by atoms with Gasteiger partial charge in [0, 0.05) is 11.4 Å². The van der Waals surface area contributed by atoms with E-state index < -0.39 is 5.97 Å². The van der Waals surface area contributed by atoms with E-state index in [4.69, 9.17) is 5.11 Å². The van der Waals surface area contributed by atoms with Gasteiger partial charge >= 0.3 is 5.97 Å². The maximum absolute atomic E-state index is 10.6. The number of thiophene rings is 1. The standard InChI is InChI=1S/C12H12N2O2S/c15-12(16)11-4-3-9(8-14-11)13-6-5-10-2-1-7-17-10/h1-4,7-8,13H,5-6H2,(H,15,16). The van der Waals surface area contributed by atoms with Gasteiger partial charge in [-0.05, 0) is 30.0 Å². The monoisotopic (exact) mass is 248 g/mol. The first kappa shape index (κ1) is 11.6. The molecule has 2 N–H and O–H groups in total. The third-order valence-corrected chi connectivity index (χ3v) is 3.20. The van der Waals surface area contributed by atoms with Crippen LogP contribution in [0.25, 0.3) is 0 Å². The zero-order valence-electron chi connectivity index (χ0n) is 9.09. The lowest BCUT2D eigenvalue weighted by Crippen LogP contribution is -2.05. The molecule has 0 spiro atoms. The van der Waals surface area contributed by atoms with Gasteiger partial charge in [-0.2, -0.15) is 0 Å². The average molecular weight is 248 g/mol. The Kier molecular flexibility index (Phi) is 3.72. The van der Waals surface area contributed by atoms with E-state index in [2.05, 4.69) is 21.7 Å². The van der Waals surface area contributed by atoms with Crippen molar-refractivity contribution in [2.24, 2.45) is 0 Å². The fourth-order valence-electron chi connectivity index (χ4n) is 1.41. The number of carboxylic acid groups (broad SMARTS) is 1. The summed E-state index contributed by atoms with van der Waals surface area (Å²) in [6.07, 6.45) is 2.50. The van der Waals surface area contributed by atoms with Crippen molar-refractivity contribution < 1.29 is 9.90 Å². The molecule has 0 amide bonds. The van der Waals surface area contributed by atoms with Gasteiger partial charge < -0.3 is 10.4 Å². The van der Waals surface area contributed by atoms with E-state index in [9.17, 15) is 4.79 Å². The number of hydrogen-bond acceptors (Lipinski definition) is 4. The number of nitrogens with one attached hydrogen (secondary N) is 1. The normalized spacial score (nSPS) is 10.1. The van der Waals surface area contributed by atoms with Gasteiger partial charge in [0.2, 0.25) is 0 Å². The molecule has 0 aliphatic carbocycles. The molecular weight excluding hydrogens is 236 g/mol. The van der Waals surface area contributed by atoms with Gasteiger partial charge in [0.15, 0.2) is 0 Å². The minimum atomic E-state index is -1.00. The van der Waals surface area contributed by atoms with Crippen LogP contribution in [0.2, 0.25) is 0 Å². The van der Waals surface area contributed by atoms with E-state index in [0.717, 1.165) is 18.7 Å². The molecule has 0 radical (unpaired) electrons. The lowest BCUT2D eigenvalue weighted by atomic mass is 10.3. The molecule has 0 fully saturated rings. The largest absolute Gasteiger partial charge is 0.477 e. The summed E-state index contributed by atoms with van der Waals surface area (Å²) in [6, 6.07) is 7.35. The molecule has 4 nitrogen and oxygen atoms in total. The van der Waals surface area contributed by atoms with Crippen molar-refractivity contribution in [1.82, 2.24) is 4.98 Å². The zero-order chi connectivity index (χ0) is 12.1. The van der Waals surface area contributed by atoms with Gasteiger partial charge in [-0.25, -0.2) is 9.78 Å². The number of nitrogens with zero attached hydrogens (tertiary/aromatic N) is 1.